The molecule has 2 aromatic rings. The van der Waals surface area contributed by atoms with Crippen LogP contribution < -0.4 is 10.9 Å². The van der Waals surface area contributed by atoms with Crippen molar-refractivity contribution < 1.29 is 22.4 Å². The third kappa shape index (κ3) is 3.63. The Morgan fingerprint density at radius 1 is 1.08 bits per heavy atom. The predicted octanol–water partition coefficient (Wildman–Crippen LogP) is 1.45. The van der Waals surface area contributed by atoms with Gasteiger partial charge in [-0.05, 0) is 44.0 Å². The average molecular weight is 377 g/mol. The number of hydrazine groups is 1. The Bertz CT molecular complexity index is 929. The van der Waals surface area contributed by atoms with E-state index in [-0.39, 0.29) is 10.5 Å². The Labute approximate surface area is 151 Å². The summed E-state index contributed by atoms with van der Waals surface area (Å²) in [7, 11) is -3.61. The molecule has 0 spiro atoms. The number of sulfonamides is 1. The van der Waals surface area contributed by atoms with Gasteiger partial charge in [0.1, 0.15) is 5.76 Å². The van der Waals surface area contributed by atoms with Crippen LogP contribution in [0.2, 0.25) is 0 Å². The fraction of sp³-hybridized carbons (Fsp3) is 0.294. The van der Waals surface area contributed by atoms with Gasteiger partial charge in [0.25, 0.3) is 11.8 Å². The third-order valence-corrected chi connectivity index (χ3v) is 6.09. The lowest BCUT2D eigenvalue weighted by molar-refractivity contribution is 0.0845. The maximum atomic E-state index is 12.6. The highest BCUT2D eigenvalue weighted by atomic mass is 32.2. The standard InChI is InChI=1S/C17H19N3O5S/c1-12-15(7-10-25-12)17(22)19-18-16(21)13-5-4-6-14(11-13)26(23,24)20-8-2-3-9-20/h4-7,10-11H,2-3,8-9H2,1H3,(H,18,21)(H,19,22). The van der Waals surface area contributed by atoms with Gasteiger partial charge < -0.3 is 4.42 Å². The molecular weight excluding hydrogens is 358 g/mol. The number of carbonyl (C=O) groups is 2. The van der Waals surface area contributed by atoms with Crippen LogP contribution in [0.25, 0.3) is 0 Å². The molecular formula is C17H19N3O5S. The molecule has 26 heavy (non-hydrogen) atoms. The fourth-order valence-corrected chi connectivity index (χ4v) is 4.31. The van der Waals surface area contributed by atoms with Crippen molar-refractivity contribution in [3.63, 3.8) is 0 Å². The molecule has 1 aromatic carbocycles. The van der Waals surface area contributed by atoms with E-state index in [0.29, 0.717) is 24.4 Å². The smallest absolute Gasteiger partial charge is 0.273 e. The SMILES string of the molecule is Cc1occc1C(=O)NNC(=O)c1cccc(S(=O)(=O)N2CCCC2)c1. The molecule has 0 atom stereocenters. The van der Waals surface area contributed by atoms with Crippen molar-refractivity contribution in [2.24, 2.45) is 0 Å². The Kier molecular flexibility index (Phi) is 5.10. The number of benzene rings is 1. The van der Waals surface area contributed by atoms with E-state index in [9.17, 15) is 18.0 Å². The molecule has 2 heterocycles. The number of carbonyl (C=O) groups excluding carboxylic acids is 2. The molecule has 1 fully saturated rings. The molecule has 2 amide bonds. The lowest BCUT2D eigenvalue weighted by atomic mass is 10.2. The molecule has 138 valence electrons. The van der Waals surface area contributed by atoms with Crippen molar-refractivity contribution in [3.8, 4) is 0 Å². The van der Waals surface area contributed by atoms with Crippen molar-refractivity contribution in [2.45, 2.75) is 24.7 Å². The number of hydrogen-bond acceptors (Lipinski definition) is 5. The molecule has 0 bridgehead atoms. The van der Waals surface area contributed by atoms with Gasteiger partial charge in [-0.15, -0.1) is 0 Å². The van der Waals surface area contributed by atoms with Crippen LogP contribution in [0.1, 0.15) is 39.3 Å². The summed E-state index contributed by atoms with van der Waals surface area (Å²) in [4.78, 5) is 24.3. The first-order valence-corrected chi connectivity index (χ1v) is 9.58. The van der Waals surface area contributed by atoms with E-state index < -0.39 is 21.8 Å². The molecule has 1 saturated heterocycles. The summed E-state index contributed by atoms with van der Waals surface area (Å²) in [6.07, 6.45) is 3.04. The summed E-state index contributed by atoms with van der Waals surface area (Å²) in [6, 6.07) is 7.23. The Morgan fingerprint density at radius 3 is 2.42 bits per heavy atom. The van der Waals surface area contributed by atoms with E-state index in [1.807, 2.05) is 0 Å². The summed E-state index contributed by atoms with van der Waals surface area (Å²) >= 11 is 0. The second kappa shape index (κ2) is 7.30. The summed E-state index contributed by atoms with van der Waals surface area (Å²) in [5.41, 5.74) is 4.99. The first-order chi connectivity index (χ1) is 12.4. The third-order valence-electron chi connectivity index (χ3n) is 4.19. The molecule has 8 nitrogen and oxygen atoms in total. The Balaban J connectivity index is 1.70. The van der Waals surface area contributed by atoms with E-state index in [1.165, 1.54) is 40.9 Å². The van der Waals surface area contributed by atoms with Crippen LogP contribution >= 0.6 is 0 Å². The van der Waals surface area contributed by atoms with Gasteiger partial charge in [-0.2, -0.15) is 4.31 Å². The van der Waals surface area contributed by atoms with Crippen LogP contribution in [-0.2, 0) is 10.0 Å². The molecule has 0 saturated carbocycles. The fourth-order valence-electron chi connectivity index (χ4n) is 2.75. The lowest BCUT2D eigenvalue weighted by Gasteiger charge is -2.16. The zero-order chi connectivity index (χ0) is 18.7. The summed E-state index contributed by atoms with van der Waals surface area (Å²) in [5, 5.41) is 0. The molecule has 0 aliphatic carbocycles. The van der Waals surface area contributed by atoms with E-state index >= 15 is 0 Å². The van der Waals surface area contributed by atoms with Crippen LogP contribution in [0.15, 0.2) is 45.9 Å². The summed E-state index contributed by atoms with van der Waals surface area (Å²) in [5.74, 6) is -0.709. The minimum atomic E-state index is -3.61. The van der Waals surface area contributed by atoms with Crippen LogP contribution in [0, 0.1) is 6.92 Å². The van der Waals surface area contributed by atoms with Gasteiger partial charge in [0.15, 0.2) is 0 Å². The van der Waals surface area contributed by atoms with E-state index in [0.717, 1.165) is 12.8 Å². The second-order valence-corrected chi connectivity index (χ2v) is 7.88. The predicted molar refractivity (Wildman–Crippen MR) is 92.8 cm³/mol. The number of nitrogens with zero attached hydrogens (tertiary/aromatic N) is 1. The monoisotopic (exact) mass is 377 g/mol. The van der Waals surface area contributed by atoms with E-state index in [2.05, 4.69) is 10.9 Å². The average Bonchev–Trinajstić information content (AvgIpc) is 3.31. The van der Waals surface area contributed by atoms with Crippen molar-refractivity contribution >= 4 is 21.8 Å². The highest BCUT2D eigenvalue weighted by Gasteiger charge is 2.27. The molecule has 0 radical (unpaired) electrons. The topological polar surface area (TPSA) is 109 Å². The second-order valence-electron chi connectivity index (χ2n) is 5.94. The van der Waals surface area contributed by atoms with Crippen molar-refractivity contribution in [3.05, 3.63) is 53.5 Å². The largest absolute Gasteiger partial charge is 0.469 e. The Hall–Kier alpha value is -2.65. The van der Waals surface area contributed by atoms with Gasteiger partial charge in [-0.25, -0.2) is 8.42 Å². The van der Waals surface area contributed by atoms with Crippen molar-refractivity contribution in [2.75, 3.05) is 13.1 Å². The van der Waals surface area contributed by atoms with E-state index in [4.69, 9.17) is 4.42 Å². The number of rotatable bonds is 4. The first-order valence-electron chi connectivity index (χ1n) is 8.14. The van der Waals surface area contributed by atoms with Crippen LogP contribution in [0.4, 0.5) is 0 Å². The minimum Gasteiger partial charge on any atom is -0.469 e. The molecule has 1 aliphatic heterocycles. The first kappa shape index (κ1) is 18.2. The quantitative estimate of drug-likeness (QED) is 0.784. The van der Waals surface area contributed by atoms with Crippen LogP contribution in [-0.4, -0.2) is 37.6 Å². The highest BCUT2D eigenvalue weighted by molar-refractivity contribution is 7.89. The van der Waals surface area contributed by atoms with Gasteiger partial charge in [-0.1, -0.05) is 6.07 Å². The molecule has 2 N–H and O–H groups in total. The van der Waals surface area contributed by atoms with Crippen molar-refractivity contribution in [1.29, 1.82) is 0 Å². The van der Waals surface area contributed by atoms with Gasteiger partial charge in [0, 0.05) is 18.7 Å². The maximum absolute atomic E-state index is 12.6. The maximum Gasteiger partial charge on any atom is 0.273 e. The molecule has 1 aromatic heterocycles. The van der Waals surface area contributed by atoms with Gasteiger partial charge >= 0.3 is 0 Å². The van der Waals surface area contributed by atoms with Gasteiger partial charge in [-0.3, -0.25) is 20.4 Å². The minimum absolute atomic E-state index is 0.0593. The number of furan rings is 1. The number of aryl methyl sites for hydroxylation is 1. The number of hydrogen-bond donors (Lipinski definition) is 2. The normalized spacial score (nSPS) is 15.0. The zero-order valence-corrected chi connectivity index (χ0v) is 15.0. The number of amides is 2. The number of nitrogens with one attached hydrogen (secondary N) is 2. The lowest BCUT2D eigenvalue weighted by Crippen LogP contribution is -2.41. The van der Waals surface area contributed by atoms with E-state index in [1.54, 1.807) is 6.92 Å². The Morgan fingerprint density at radius 2 is 1.77 bits per heavy atom. The molecule has 0 unspecified atom stereocenters. The highest BCUT2D eigenvalue weighted by Crippen LogP contribution is 2.21. The van der Waals surface area contributed by atoms with Crippen LogP contribution in [0.5, 0.6) is 0 Å². The van der Waals surface area contributed by atoms with Crippen molar-refractivity contribution in [1.82, 2.24) is 15.2 Å². The molecule has 3 rings (SSSR count). The van der Waals surface area contributed by atoms with Gasteiger partial charge in [0.05, 0.1) is 16.7 Å². The zero-order valence-electron chi connectivity index (χ0n) is 14.2. The molecule has 9 heteroatoms. The summed E-state index contributed by atoms with van der Waals surface area (Å²) in [6.45, 7) is 2.60. The summed E-state index contributed by atoms with van der Waals surface area (Å²) < 4.78 is 31.6. The van der Waals surface area contributed by atoms with Crippen LogP contribution in [0.3, 0.4) is 0 Å². The molecule has 1 aliphatic rings. The van der Waals surface area contributed by atoms with Gasteiger partial charge in [0.2, 0.25) is 10.0 Å².